The van der Waals surface area contributed by atoms with Gasteiger partial charge in [-0.1, -0.05) is 0 Å². The summed E-state index contributed by atoms with van der Waals surface area (Å²) < 4.78 is 5.09. The third kappa shape index (κ3) is 2.25. The van der Waals surface area contributed by atoms with Crippen LogP contribution in [-0.2, 0) is 14.3 Å². The van der Waals surface area contributed by atoms with Crippen LogP contribution >= 0.6 is 0 Å². The van der Waals surface area contributed by atoms with E-state index in [2.05, 4.69) is 10.6 Å². The molecular formula is C11H16N2O4. The summed E-state index contributed by atoms with van der Waals surface area (Å²) in [6, 6.07) is 0. The molecule has 0 bridgehead atoms. The number of rotatable bonds is 1. The van der Waals surface area contributed by atoms with Gasteiger partial charge in [0.15, 0.2) is 0 Å². The van der Waals surface area contributed by atoms with Crippen LogP contribution in [0.15, 0.2) is 0 Å². The van der Waals surface area contributed by atoms with E-state index in [0.717, 1.165) is 0 Å². The third-order valence-electron chi connectivity index (χ3n) is 2.92. The summed E-state index contributed by atoms with van der Waals surface area (Å²) in [5.41, 5.74) is -1.53. The summed E-state index contributed by atoms with van der Waals surface area (Å²) in [5.74, 6) is -0.792. The van der Waals surface area contributed by atoms with E-state index in [1.54, 1.807) is 20.8 Å². The van der Waals surface area contributed by atoms with Crippen LogP contribution < -0.4 is 10.6 Å². The first-order valence-electron chi connectivity index (χ1n) is 5.58. The smallest absolute Gasteiger partial charge is 0.408 e. The number of fused-ring (bicyclic) bond motifs is 1. The van der Waals surface area contributed by atoms with E-state index in [1.165, 1.54) is 0 Å². The molecule has 6 nitrogen and oxygen atoms in total. The largest absolute Gasteiger partial charge is 0.444 e. The number of alkyl carbamates (subject to hydrolysis) is 1. The number of ether oxygens (including phenoxy) is 1. The molecule has 2 N–H and O–H groups in total. The van der Waals surface area contributed by atoms with Gasteiger partial charge in [0.1, 0.15) is 11.1 Å². The molecule has 0 aromatic rings. The summed E-state index contributed by atoms with van der Waals surface area (Å²) in [5, 5.41) is 4.80. The Morgan fingerprint density at radius 1 is 1.47 bits per heavy atom. The van der Waals surface area contributed by atoms with Gasteiger partial charge < -0.3 is 10.1 Å². The van der Waals surface area contributed by atoms with Gasteiger partial charge in [-0.25, -0.2) is 4.79 Å². The molecule has 1 saturated heterocycles. The molecule has 2 unspecified atom stereocenters. The lowest BCUT2D eigenvalue weighted by Gasteiger charge is -2.25. The zero-order valence-electron chi connectivity index (χ0n) is 10.1. The normalized spacial score (nSPS) is 31.4. The van der Waals surface area contributed by atoms with Crippen molar-refractivity contribution < 1.29 is 19.1 Å². The Bertz CT molecular complexity index is 399. The van der Waals surface area contributed by atoms with Crippen LogP contribution in [0.4, 0.5) is 4.79 Å². The average molecular weight is 240 g/mol. The molecule has 2 rings (SSSR count). The average Bonchev–Trinajstić information content (AvgIpc) is 2.74. The van der Waals surface area contributed by atoms with Crippen LogP contribution in [0.25, 0.3) is 0 Å². The number of carbonyl (C=O) groups is 3. The number of piperidine rings is 1. The third-order valence-corrected chi connectivity index (χ3v) is 2.92. The number of amides is 3. The monoisotopic (exact) mass is 240 g/mol. The first kappa shape index (κ1) is 11.9. The van der Waals surface area contributed by atoms with E-state index in [9.17, 15) is 14.4 Å². The first-order chi connectivity index (χ1) is 7.73. The van der Waals surface area contributed by atoms with E-state index in [0.29, 0.717) is 6.42 Å². The first-order valence-corrected chi connectivity index (χ1v) is 5.58. The lowest BCUT2D eigenvalue weighted by Crippen LogP contribution is -2.55. The molecule has 1 saturated carbocycles. The quantitative estimate of drug-likeness (QED) is 0.646. The van der Waals surface area contributed by atoms with Crippen LogP contribution in [0.1, 0.15) is 33.6 Å². The minimum atomic E-state index is -0.920. The summed E-state index contributed by atoms with van der Waals surface area (Å²) >= 11 is 0. The predicted octanol–water partition coefficient (Wildman–Crippen LogP) is 0.316. The topological polar surface area (TPSA) is 84.5 Å². The molecule has 2 atom stereocenters. The van der Waals surface area contributed by atoms with E-state index in [-0.39, 0.29) is 18.2 Å². The number of nitrogens with one attached hydrogen (secondary N) is 2. The maximum atomic E-state index is 11.7. The van der Waals surface area contributed by atoms with Crippen molar-refractivity contribution in [2.75, 3.05) is 0 Å². The van der Waals surface area contributed by atoms with Gasteiger partial charge >= 0.3 is 6.09 Å². The van der Waals surface area contributed by atoms with Gasteiger partial charge in [-0.15, -0.1) is 0 Å². The number of hydrogen-bond donors (Lipinski definition) is 2. The zero-order valence-corrected chi connectivity index (χ0v) is 10.1. The second-order valence-corrected chi connectivity index (χ2v) is 5.58. The molecule has 0 aromatic heterocycles. The minimum absolute atomic E-state index is 0.0868. The van der Waals surface area contributed by atoms with E-state index in [4.69, 9.17) is 4.74 Å². The predicted molar refractivity (Wildman–Crippen MR) is 58.0 cm³/mol. The minimum Gasteiger partial charge on any atom is -0.444 e. The molecule has 3 amide bonds. The molecule has 1 aliphatic carbocycles. The highest BCUT2D eigenvalue weighted by Gasteiger charge is 2.64. The molecule has 94 valence electrons. The Labute approximate surface area is 99.1 Å². The van der Waals surface area contributed by atoms with Gasteiger partial charge in [0, 0.05) is 12.3 Å². The highest BCUT2D eigenvalue weighted by atomic mass is 16.6. The molecule has 6 heteroatoms. The highest BCUT2D eigenvalue weighted by molar-refractivity contribution is 6.07. The Balaban J connectivity index is 1.99. The summed E-state index contributed by atoms with van der Waals surface area (Å²) in [4.78, 5) is 34.3. The van der Waals surface area contributed by atoms with Crippen molar-refractivity contribution in [3.8, 4) is 0 Å². The Hall–Kier alpha value is -1.59. The van der Waals surface area contributed by atoms with Gasteiger partial charge in [0.25, 0.3) is 5.91 Å². The lowest BCUT2D eigenvalue weighted by molar-refractivity contribution is -0.135. The van der Waals surface area contributed by atoms with Crippen molar-refractivity contribution in [3.63, 3.8) is 0 Å². The van der Waals surface area contributed by atoms with Crippen LogP contribution in [0.5, 0.6) is 0 Å². The van der Waals surface area contributed by atoms with Gasteiger partial charge in [0.05, 0.1) is 0 Å². The number of imide groups is 1. The van der Waals surface area contributed by atoms with Crippen LogP contribution in [0, 0.1) is 5.92 Å². The fourth-order valence-electron chi connectivity index (χ4n) is 2.06. The maximum Gasteiger partial charge on any atom is 0.408 e. The SMILES string of the molecule is CC(C)(C)OC(=O)NC12CC1CC(=O)NC2=O. The number of carbonyl (C=O) groups excluding carboxylic acids is 3. The standard InChI is InChI=1S/C11H16N2O4/c1-10(2,3)17-9(16)13-11-5-6(11)4-7(14)12-8(11)15/h6H,4-5H2,1-3H3,(H,13,16)(H,12,14,15). The van der Waals surface area contributed by atoms with Crippen molar-refractivity contribution in [3.05, 3.63) is 0 Å². The summed E-state index contributed by atoms with van der Waals surface area (Å²) in [6.45, 7) is 5.25. The Kier molecular flexibility index (Phi) is 2.41. The molecule has 1 aliphatic heterocycles. The Morgan fingerprint density at radius 3 is 2.65 bits per heavy atom. The van der Waals surface area contributed by atoms with Gasteiger partial charge in [-0.3, -0.25) is 14.9 Å². The molecule has 2 aliphatic rings. The summed E-state index contributed by atoms with van der Waals surface area (Å²) in [6.07, 6.45) is 0.162. The molecular weight excluding hydrogens is 224 g/mol. The molecule has 2 fully saturated rings. The molecule has 0 spiro atoms. The fraction of sp³-hybridized carbons (Fsp3) is 0.727. The number of hydrogen-bond acceptors (Lipinski definition) is 4. The van der Waals surface area contributed by atoms with E-state index < -0.39 is 23.1 Å². The van der Waals surface area contributed by atoms with E-state index in [1.807, 2.05) is 0 Å². The second kappa shape index (κ2) is 3.45. The molecule has 0 radical (unpaired) electrons. The van der Waals surface area contributed by atoms with Crippen LogP contribution in [0.2, 0.25) is 0 Å². The van der Waals surface area contributed by atoms with Gasteiger partial charge in [-0.05, 0) is 27.2 Å². The second-order valence-electron chi connectivity index (χ2n) is 5.58. The van der Waals surface area contributed by atoms with Gasteiger partial charge in [0.2, 0.25) is 5.91 Å². The van der Waals surface area contributed by atoms with Crippen molar-refractivity contribution in [2.24, 2.45) is 5.92 Å². The van der Waals surface area contributed by atoms with Crippen molar-refractivity contribution in [2.45, 2.75) is 44.8 Å². The molecule has 17 heavy (non-hydrogen) atoms. The summed E-state index contributed by atoms with van der Waals surface area (Å²) in [7, 11) is 0. The van der Waals surface area contributed by atoms with Crippen molar-refractivity contribution >= 4 is 17.9 Å². The van der Waals surface area contributed by atoms with Crippen molar-refractivity contribution in [1.82, 2.24) is 10.6 Å². The van der Waals surface area contributed by atoms with Crippen molar-refractivity contribution in [1.29, 1.82) is 0 Å². The fourth-order valence-corrected chi connectivity index (χ4v) is 2.06. The van der Waals surface area contributed by atoms with Crippen LogP contribution in [0.3, 0.4) is 0 Å². The Morgan fingerprint density at radius 2 is 2.12 bits per heavy atom. The zero-order chi connectivity index (χ0) is 12.8. The van der Waals surface area contributed by atoms with Gasteiger partial charge in [-0.2, -0.15) is 0 Å². The van der Waals surface area contributed by atoms with Crippen LogP contribution in [-0.4, -0.2) is 29.0 Å². The lowest BCUT2D eigenvalue weighted by atomic mass is 10.1. The van der Waals surface area contributed by atoms with E-state index >= 15 is 0 Å². The maximum absolute atomic E-state index is 11.7. The molecule has 0 aromatic carbocycles. The highest BCUT2D eigenvalue weighted by Crippen LogP contribution is 2.48. The molecule has 1 heterocycles.